The minimum absolute atomic E-state index is 0.0493. The molecule has 0 aliphatic heterocycles. The van der Waals surface area contributed by atoms with Gasteiger partial charge in [-0.1, -0.05) is 0 Å². The van der Waals surface area contributed by atoms with Crippen LogP contribution in [0.1, 0.15) is 20.8 Å². The zero-order chi connectivity index (χ0) is 19.9. The van der Waals surface area contributed by atoms with E-state index in [1.165, 1.54) is 0 Å². The number of hydrogen-bond acceptors (Lipinski definition) is 10. The van der Waals surface area contributed by atoms with Crippen molar-refractivity contribution in [3.63, 3.8) is 0 Å². The van der Waals surface area contributed by atoms with Gasteiger partial charge in [0.1, 0.15) is 6.23 Å². The van der Waals surface area contributed by atoms with E-state index in [0.717, 1.165) is 13.1 Å². The lowest BCUT2D eigenvalue weighted by molar-refractivity contribution is -0.182. The highest BCUT2D eigenvalue weighted by Crippen LogP contribution is 1.99. The maximum absolute atomic E-state index is 9.71. The normalized spacial score (nSPS) is 15.8. The number of likely N-dealkylation sites (N-methyl/N-ethyl adjacent to an activating group) is 2. The van der Waals surface area contributed by atoms with Crippen LogP contribution >= 0.6 is 0 Å². The molecule has 0 saturated heterocycles. The van der Waals surface area contributed by atoms with E-state index in [9.17, 15) is 5.11 Å². The van der Waals surface area contributed by atoms with E-state index in [1.54, 1.807) is 4.90 Å². The molecule has 0 bridgehead atoms. The van der Waals surface area contributed by atoms with Gasteiger partial charge in [0.05, 0.1) is 19.4 Å². The number of ether oxygens (including phenoxy) is 2. The summed E-state index contributed by atoms with van der Waals surface area (Å²) in [6, 6.07) is 0. The van der Waals surface area contributed by atoms with Crippen LogP contribution in [-0.4, -0.2) is 106 Å². The number of nitrogens with two attached hydrogens (primary N) is 2. The smallest absolute Gasteiger partial charge is 0.215 e. The molecular weight excluding hydrogens is 338 g/mol. The van der Waals surface area contributed by atoms with Crippen molar-refractivity contribution >= 4 is 0 Å². The van der Waals surface area contributed by atoms with Crippen molar-refractivity contribution in [1.29, 1.82) is 0 Å². The van der Waals surface area contributed by atoms with Gasteiger partial charge in [-0.15, -0.1) is 0 Å². The molecule has 10 nitrogen and oxygen atoms in total. The fourth-order valence-corrected chi connectivity index (χ4v) is 2.09. The summed E-state index contributed by atoms with van der Waals surface area (Å²) < 4.78 is 11.0. The first-order valence-electron chi connectivity index (χ1n) is 9.25. The molecule has 0 fully saturated rings. The van der Waals surface area contributed by atoms with Crippen LogP contribution in [0.15, 0.2) is 0 Å². The molecule has 0 aromatic carbocycles. The van der Waals surface area contributed by atoms with E-state index in [-0.39, 0.29) is 12.4 Å². The highest BCUT2D eigenvalue weighted by atomic mass is 16.6. The molecule has 0 aromatic rings. The molecule has 0 saturated carbocycles. The van der Waals surface area contributed by atoms with Gasteiger partial charge in [-0.25, -0.2) is 0 Å². The molecule has 0 rings (SSSR count). The molecule has 10 heteroatoms. The number of nitrogens with zero attached hydrogens (tertiary/aromatic N) is 3. The van der Waals surface area contributed by atoms with Crippen molar-refractivity contribution in [2.45, 2.75) is 39.6 Å². The first-order chi connectivity index (χ1) is 12.3. The van der Waals surface area contributed by atoms with Crippen LogP contribution in [0.2, 0.25) is 0 Å². The summed E-state index contributed by atoms with van der Waals surface area (Å²) in [7, 11) is 3.86. The molecule has 2 unspecified atom stereocenters. The summed E-state index contributed by atoms with van der Waals surface area (Å²) in [5, 5.41) is 16.0. The molecule has 158 valence electrons. The fourth-order valence-electron chi connectivity index (χ4n) is 2.09. The van der Waals surface area contributed by atoms with E-state index in [2.05, 4.69) is 15.5 Å². The average molecular weight is 380 g/mol. The molecule has 0 aliphatic carbocycles. The molecule has 0 spiro atoms. The summed E-state index contributed by atoms with van der Waals surface area (Å²) in [5.41, 5.74) is 11.4. The minimum Gasteiger partial charge on any atom is -0.362 e. The Kier molecular flexibility index (Phi) is 15.4. The lowest BCUT2D eigenvalue weighted by Gasteiger charge is -2.29. The lowest BCUT2D eigenvalue weighted by Crippen LogP contribution is -2.49. The van der Waals surface area contributed by atoms with Crippen LogP contribution < -0.4 is 22.1 Å². The van der Waals surface area contributed by atoms with Crippen molar-refractivity contribution in [3.8, 4) is 0 Å². The van der Waals surface area contributed by atoms with Crippen LogP contribution in [-0.2, 0) is 9.47 Å². The Morgan fingerprint density at radius 1 is 1.12 bits per heavy atom. The second kappa shape index (κ2) is 15.6. The maximum Gasteiger partial charge on any atom is 0.215 e. The van der Waals surface area contributed by atoms with E-state index in [1.807, 2.05) is 39.8 Å². The van der Waals surface area contributed by atoms with Crippen molar-refractivity contribution in [1.82, 2.24) is 25.3 Å². The van der Waals surface area contributed by atoms with E-state index in [4.69, 9.17) is 20.9 Å². The molecule has 0 amide bonds. The average Bonchev–Trinajstić information content (AvgIpc) is 2.59. The first kappa shape index (κ1) is 25.6. The Morgan fingerprint density at radius 2 is 1.81 bits per heavy atom. The number of hydrogen-bond donors (Lipinski definition) is 5. The summed E-state index contributed by atoms with van der Waals surface area (Å²) in [6.45, 7) is 10.8. The summed E-state index contributed by atoms with van der Waals surface area (Å²) >= 11 is 0. The van der Waals surface area contributed by atoms with Gasteiger partial charge in [0.25, 0.3) is 0 Å². The lowest BCUT2D eigenvalue weighted by atomic mass is 10.5. The van der Waals surface area contributed by atoms with Crippen molar-refractivity contribution in [3.05, 3.63) is 0 Å². The highest BCUT2D eigenvalue weighted by Gasteiger charge is 2.13. The monoisotopic (exact) mass is 379 g/mol. The summed E-state index contributed by atoms with van der Waals surface area (Å²) in [5.74, 6) is 0. The van der Waals surface area contributed by atoms with Gasteiger partial charge in [0.15, 0.2) is 0 Å². The first-order valence-corrected chi connectivity index (χ1v) is 9.25. The second-order valence-corrected chi connectivity index (χ2v) is 6.38. The molecule has 0 aromatic heterocycles. The van der Waals surface area contributed by atoms with Gasteiger partial charge < -0.3 is 30.9 Å². The largest absolute Gasteiger partial charge is 0.362 e. The Bertz CT molecular complexity index is 326. The number of aliphatic hydroxyl groups excluding tert-OH is 1. The predicted molar refractivity (Wildman–Crippen MR) is 104 cm³/mol. The molecule has 3 atom stereocenters. The maximum atomic E-state index is 9.71. The Hall–Kier alpha value is -0.400. The topological polar surface area (TPSA) is 125 Å². The zero-order valence-electron chi connectivity index (χ0n) is 17.1. The SMILES string of the molecule is CCOC(O)N(C)CCN(C)CCO[C@H](C)N(CN)CNCNC(C)N. The second-order valence-electron chi connectivity index (χ2n) is 6.38. The number of nitrogens with one attached hydrogen (secondary N) is 2. The third-order valence-corrected chi connectivity index (χ3v) is 3.97. The quantitative estimate of drug-likeness (QED) is 0.145. The Morgan fingerprint density at radius 3 is 2.38 bits per heavy atom. The third-order valence-electron chi connectivity index (χ3n) is 3.97. The fraction of sp³-hybridized carbons (Fsp3) is 1.00. The zero-order valence-corrected chi connectivity index (χ0v) is 17.1. The van der Waals surface area contributed by atoms with E-state index in [0.29, 0.717) is 39.8 Å². The van der Waals surface area contributed by atoms with Gasteiger partial charge in [-0.3, -0.25) is 20.4 Å². The van der Waals surface area contributed by atoms with Gasteiger partial charge in [-0.05, 0) is 34.9 Å². The molecule has 26 heavy (non-hydrogen) atoms. The van der Waals surface area contributed by atoms with Crippen LogP contribution in [0.4, 0.5) is 0 Å². The van der Waals surface area contributed by atoms with Crippen molar-refractivity contribution < 1.29 is 14.6 Å². The standard InChI is InChI=1S/C16H41N7O3/c1-6-25-16(24)22(5)8-7-21(4)9-10-26-15(3)23(11-17)13-19-12-20-14(2)18/h14-16,19-20,24H,6-13,17-18H2,1-5H3/t14?,15-,16?/m1/s1. The third kappa shape index (κ3) is 12.9. The molecular formula is C16H41N7O3. The number of rotatable bonds is 17. The molecule has 0 aliphatic rings. The van der Waals surface area contributed by atoms with Crippen LogP contribution in [0.25, 0.3) is 0 Å². The summed E-state index contributed by atoms with van der Waals surface area (Å²) in [4.78, 5) is 5.91. The molecule has 7 N–H and O–H groups in total. The molecule has 0 heterocycles. The van der Waals surface area contributed by atoms with Gasteiger partial charge in [-0.2, -0.15) is 0 Å². The van der Waals surface area contributed by atoms with Gasteiger partial charge in [0.2, 0.25) is 6.41 Å². The minimum atomic E-state index is -0.855. The van der Waals surface area contributed by atoms with Crippen LogP contribution in [0, 0.1) is 0 Å². The van der Waals surface area contributed by atoms with E-state index < -0.39 is 6.41 Å². The van der Waals surface area contributed by atoms with Crippen LogP contribution in [0.5, 0.6) is 0 Å². The summed E-state index contributed by atoms with van der Waals surface area (Å²) in [6.07, 6.45) is -0.989. The van der Waals surface area contributed by atoms with Crippen molar-refractivity contribution in [2.75, 3.05) is 66.9 Å². The number of aliphatic hydroxyl groups is 1. The van der Waals surface area contributed by atoms with Crippen molar-refractivity contribution in [2.24, 2.45) is 11.5 Å². The highest BCUT2D eigenvalue weighted by molar-refractivity contribution is 4.59. The van der Waals surface area contributed by atoms with Gasteiger partial charge in [0, 0.05) is 39.6 Å². The van der Waals surface area contributed by atoms with Gasteiger partial charge >= 0.3 is 0 Å². The predicted octanol–water partition coefficient (Wildman–Crippen LogP) is -1.86. The van der Waals surface area contributed by atoms with Crippen LogP contribution in [0.3, 0.4) is 0 Å². The molecule has 0 radical (unpaired) electrons. The Balaban J connectivity index is 3.90. The Labute approximate surface area is 158 Å². The van der Waals surface area contributed by atoms with E-state index >= 15 is 0 Å².